The molecule has 1 aliphatic heterocycles. The Morgan fingerprint density at radius 2 is 1.83 bits per heavy atom. The molecule has 4 rings (SSSR count). The fraction of sp³-hybridized carbons (Fsp3) is 0.500. The lowest BCUT2D eigenvalue weighted by atomic mass is 9.98. The lowest BCUT2D eigenvalue weighted by Crippen LogP contribution is -2.36. The first-order chi connectivity index (χ1) is 11.4. The molecule has 0 spiro atoms. The van der Waals surface area contributed by atoms with Gasteiger partial charge in [-0.2, -0.15) is 0 Å². The van der Waals surface area contributed by atoms with Crippen LogP contribution in [0.2, 0.25) is 0 Å². The fourth-order valence-electron chi connectivity index (χ4n) is 3.11. The van der Waals surface area contributed by atoms with Gasteiger partial charge < -0.3 is 9.64 Å². The highest BCUT2D eigenvalue weighted by Gasteiger charge is 2.27. The summed E-state index contributed by atoms with van der Waals surface area (Å²) in [5.41, 5.74) is 1.22. The number of pyridine rings is 1. The van der Waals surface area contributed by atoms with E-state index in [0.717, 1.165) is 44.1 Å². The summed E-state index contributed by atoms with van der Waals surface area (Å²) in [6, 6.07) is 6.01. The summed E-state index contributed by atoms with van der Waals surface area (Å²) in [6.45, 7) is 2.88. The van der Waals surface area contributed by atoms with Gasteiger partial charge in [0.15, 0.2) is 0 Å². The van der Waals surface area contributed by atoms with Crippen LogP contribution in [0, 0.1) is 5.92 Å². The van der Waals surface area contributed by atoms with Crippen LogP contribution in [0.25, 0.3) is 0 Å². The molecule has 2 aliphatic rings. The Balaban J connectivity index is 1.29. The summed E-state index contributed by atoms with van der Waals surface area (Å²) < 4.78 is 5.86. The minimum atomic E-state index is 0.615. The zero-order chi connectivity index (χ0) is 15.5. The van der Waals surface area contributed by atoms with E-state index >= 15 is 0 Å². The highest BCUT2D eigenvalue weighted by atomic mass is 16.5. The van der Waals surface area contributed by atoms with Gasteiger partial charge in [-0.15, -0.1) is 0 Å². The molecule has 0 bridgehead atoms. The van der Waals surface area contributed by atoms with Crippen LogP contribution in [0.1, 0.15) is 37.3 Å². The second kappa shape index (κ2) is 6.52. The molecule has 120 valence electrons. The van der Waals surface area contributed by atoms with Crippen LogP contribution in [0.3, 0.4) is 0 Å². The molecule has 2 aromatic rings. The van der Waals surface area contributed by atoms with E-state index in [1.54, 1.807) is 18.7 Å². The van der Waals surface area contributed by atoms with Gasteiger partial charge in [0.05, 0.1) is 6.61 Å². The molecule has 1 saturated heterocycles. The molecule has 1 aliphatic carbocycles. The van der Waals surface area contributed by atoms with Crippen molar-refractivity contribution in [3.8, 4) is 5.75 Å². The van der Waals surface area contributed by atoms with E-state index in [2.05, 4.69) is 25.9 Å². The molecule has 0 amide bonds. The Bertz CT molecular complexity index is 636. The topological polar surface area (TPSA) is 51.1 Å². The molecule has 1 saturated carbocycles. The van der Waals surface area contributed by atoms with Crippen LogP contribution >= 0.6 is 0 Å². The van der Waals surface area contributed by atoms with Crippen molar-refractivity contribution in [2.45, 2.75) is 31.6 Å². The summed E-state index contributed by atoms with van der Waals surface area (Å²) in [4.78, 5) is 15.3. The Hall–Kier alpha value is -2.17. The van der Waals surface area contributed by atoms with E-state index in [9.17, 15) is 0 Å². The molecular formula is C18H22N4O. The standard InChI is InChI=1S/C18H22N4O/c1-2-15(1)17-11-18(21-13-20-17)22-9-5-14(6-10-22)12-23-16-3-7-19-8-4-16/h3-4,7-8,11,13-15H,1-2,5-6,9-10,12H2. The van der Waals surface area contributed by atoms with E-state index in [-0.39, 0.29) is 0 Å². The van der Waals surface area contributed by atoms with Crippen LogP contribution in [0.5, 0.6) is 5.75 Å². The maximum Gasteiger partial charge on any atom is 0.132 e. The second-order valence-electron chi connectivity index (χ2n) is 6.50. The van der Waals surface area contributed by atoms with Gasteiger partial charge >= 0.3 is 0 Å². The second-order valence-corrected chi connectivity index (χ2v) is 6.50. The number of hydrogen-bond acceptors (Lipinski definition) is 5. The van der Waals surface area contributed by atoms with Gasteiger partial charge in [0.25, 0.3) is 0 Å². The molecule has 5 nitrogen and oxygen atoms in total. The molecule has 5 heteroatoms. The third kappa shape index (κ3) is 3.60. The number of nitrogens with zero attached hydrogens (tertiary/aromatic N) is 4. The zero-order valence-electron chi connectivity index (χ0n) is 13.3. The van der Waals surface area contributed by atoms with Gasteiger partial charge in [0.2, 0.25) is 0 Å². The summed E-state index contributed by atoms with van der Waals surface area (Å²) in [5, 5.41) is 0. The quantitative estimate of drug-likeness (QED) is 0.849. The van der Waals surface area contributed by atoms with Crippen LogP contribution in [0.4, 0.5) is 5.82 Å². The molecule has 0 atom stereocenters. The lowest BCUT2D eigenvalue weighted by molar-refractivity contribution is 0.222. The van der Waals surface area contributed by atoms with Crippen LogP contribution in [-0.4, -0.2) is 34.6 Å². The predicted molar refractivity (Wildman–Crippen MR) is 88.7 cm³/mol. The summed E-state index contributed by atoms with van der Waals surface area (Å²) in [5.74, 6) is 3.30. The Morgan fingerprint density at radius 1 is 1.04 bits per heavy atom. The first kappa shape index (κ1) is 14.4. The molecule has 23 heavy (non-hydrogen) atoms. The van der Waals surface area contributed by atoms with Gasteiger partial charge in [0.1, 0.15) is 17.9 Å². The van der Waals surface area contributed by atoms with E-state index in [4.69, 9.17) is 4.74 Å². The zero-order valence-corrected chi connectivity index (χ0v) is 13.3. The smallest absolute Gasteiger partial charge is 0.132 e. The molecule has 2 aromatic heterocycles. The minimum absolute atomic E-state index is 0.615. The highest BCUT2D eigenvalue weighted by molar-refractivity contribution is 5.40. The van der Waals surface area contributed by atoms with E-state index < -0.39 is 0 Å². The first-order valence-electron chi connectivity index (χ1n) is 8.48. The van der Waals surface area contributed by atoms with Gasteiger partial charge in [0, 0.05) is 43.2 Å². The number of hydrogen-bond donors (Lipinski definition) is 0. The van der Waals surface area contributed by atoms with Crippen molar-refractivity contribution in [1.82, 2.24) is 15.0 Å². The number of aromatic nitrogens is 3. The summed E-state index contributed by atoms with van der Waals surface area (Å²) >= 11 is 0. The van der Waals surface area contributed by atoms with Gasteiger partial charge in [-0.1, -0.05) is 0 Å². The van der Waals surface area contributed by atoms with Crippen molar-refractivity contribution < 1.29 is 4.74 Å². The van der Waals surface area contributed by atoms with E-state index in [1.807, 2.05) is 12.1 Å². The molecule has 0 N–H and O–H groups in total. The Labute approximate surface area is 136 Å². The van der Waals surface area contributed by atoms with E-state index in [1.165, 1.54) is 18.5 Å². The Kier molecular flexibility index (Phi) is 4.09. The van der Waals surface area contributed by atoms with Crippen molar-refractivity contribution in [3.63, 3.8) is 0 Å². The number of anilines is 1. The maximum absolute atomic E-state index is 5.86. The summed E-state index contributed by atoms with van der Waals surface area (Å²) in [7, 11) is 0. The predicted octanol–water partition coefficient (Wildman–Crippen LogP) is 3.04. The number of ether oxygens (including phenoxy) is 1. The molecule has 0 radical (unpaired) electrons. The third-order valence-corrected chi connectivity index (χ3v) is 4.74. The van der Waals surface area contributed by atoms with Crippen molar-refractivity contribution in [2.75, 3.05) is 24.6 Å². The van der Waals surface area contributed by atoms with Gasteiger partial charge in [-0.25, -0.2) is 9.97 Å². The van der Waals surface area contributed by atoms with Gasteiger partial charge in [-0.05, 0) is 43.7 Å². The molecule has 2 fully saturated rings. The normalized spacial score (nSPS) is 18.9. The average molecular weight is 310 g/mol. The number of rotatable bonds is 5. The van der Waals surface area contributed by atoms with Crippen LogP contribution in [-0.2, 0) is 0 Å². The Morgan fingerprint density at radius 3 is 2.57 bits per heavy atom. The van der Waals surface area contributed by atoms with Crippen LogP contribution in [0.15, 0.2) is 36.9 Å². The van der Waals surface area contributed by atoms with Crippen molar-refractivity contribution >= 4 is 5.82 Å². The lowest BCUT2D eigenvalue weighted by Gasteiger charge is -2.32. The fourth-order valence-corrected chi connectivity index (χ4v) is 3.11. The first-order valence-corrected chi connectivity index (χ1v) is 8.48. The maximum atomic E-state index is 5.86. The van der Waals surface area contributed by atoms with Crippen molar-refractivity contribution in [2.24, 2.45) is 5.92 Å². The SMILES string of the molecule is c1cc(OCC2CCN(c3cc(C4CC4)ncn3)CC2)ccn1. The number of piperidine rings is 1. The highest BCUT2D eigenvalue weighted by Crippen LogP contribution is 2.39. The third-order valence-electron chi connectivity index (χ3n) is 4.74. The van der Waals surface area contributed by atoms with Crippen molar-refractivity contribution in [1.29, 1.82) is 0 Å². The average Bonchev–Trinajstić information content (AvgIpc) is 3.47. The van der Waals surface area contributed by atoms with Crippen LogP contribution < -0.4 is 9.64 Å². The molecule has 0 aromatic carbocycles. The largest absolute Gasteiger partial charge is 0.493 e. The van der Waals surface area contributed by atoms with Crippen molar-refractivity contribution in [3.05, 3.63) is 42.6 Å². The summed E-state index contributed by atoms with van der Waals surface area (Å²) in [6.07, 6.45) is 10.1. The van der Waals surface area contributed by atoms with Gasteiger partial charge in [-0.3, -0.25) is 4.98 Å². The van der Waals surface area contributed by atoms with E-state index in [0.29, 0.717) is 11.8 Å². The molecule has 0 unspecified atom stereocenters. The molecular weight excluding hydrogens is 288 g/mol. The minimum Gasteiger partial charge on any atom is -0.493 e. The molecule has 3 heterocycles. The monoisotopic (exact) mass is 310 g/mol.